The van der Waals surface area contributed by atoms with Gasteiger partial charge in [-0.2, -0.15) is 0 Å². The summed E-state index contributed by atoms with van der Waals surface area (Å²) in [4.78, 5) is 29.3. The van der Waals surface area contributed by atoms with Crippen molar-refractivity contribution in [1.82, 2.24) is 4.90 Å². The summed E-state index contributed by atoms with van der Waals surface area (Å²) in [5.41, 5.74) is 2.69. The molecule has 2 aromatic rings. The Balaban J connectivity index is 1.54. The van der Waals surface area contributed by atoms with Gasteiger partial charge in [-0.3, -0.25) is 14.5 Å². The standard InChI is InChI=1S/C22H24N2O3S/c1-16-6-5-7-17(14-16)24-20(25)15-28-22(24)10-12-23(13-11-22)21(26)18-8-3-4-9-19(18)27-2/h3-9,14H,10-13,15H2,1-2H3. The molecule has 2 aromatic carbocycles. The molecule has 1 spiro atoms. The van der Waals surface area contributed by atoms with Crippen LogP contribution in [-0.4, -0.2) is 47.5 Å². The molecule has 0 radical (unpaired) electrons. The monoisotopic (exact) mass is 396 g/mol. The van der Waals surface area contributed by atoms with Gasteiger partial charge in [0.25, 0.3) is 5.91 Å². The number of ether oxygens (including phenoxy) is 1. The van der Waals surface area contributed by atoms with Gasteiger partial charge in [-0.05, 0) is 49.6 Å². The van der Waals surface area contributed by atoms with Crippen LogP contribution in [0.2, 0.25) is 0 Å². The summed E-state index contributed by atoms with van der Waals surface area (Å²) in [5.74, 6) is 1.23. The number of methoxy groups -OCH3 is 1. The molecule has 0 aromatic heterocycles. The van der Waals surface area contributed by atoms with E-state index in [1.54, 1.807) is 24.9 Å². The van der Waals surface area contributed by atoms with E-state index in [1.807, 2.05) is 53.1 Å². The summed E-state index contributed by atoms with van der Waals surface area (Å²) in [7, 11) is 1.58. The zero-order chi connectivity index (χ0) is 19.7. The maximum Gasteiger partial charge on any atom is 0.257 e. The maximum atomic E-state index is 13.0. The van der Waals surface area contributed by atoms with Crippen molar-refractivity contribution >= 4 is 29.3 Å². The van der Waals surface area contributed by atoms with Crippen molar-refractivity contribution in [3.63, 3.8) is 0 Å². The Hall–Kier alpha value is -2.47. The Labute approximate surface area is 169 Å². The number of likely N-dealkylation sites (tertiary alicyclic amines) is 1. The first kappa shape index (κ1) is 18.9. The minimum Gasteiger partial charge on any atom is -0.496 e. The van der Waals surface area contributed by atoms with E-state index in [1.165, 1.54) is 0 Å². The van der Waals surface area contributed by atoms with Gasteiger partial charge in [0.1, 0.15) is 5.75 Å². The largest absolute Gasteiger partial charge is 0.496 e. The van der Waals surface area contributed by atoms with Gasteiger partial charge in [0, 0.05) is 18.8 Å². The number of para-hydroxylation sites is 1. The van der Waals surface area contributed by atoms with Crippen molar-refractivity contribution < 1.29 is 14.3 Å². The number of nitrogens with zero attached hydrogens (tertiary/aromatic N) is 2. The lowest BCUT2D eigenvalue weighted by atomic mass is 9.99. The van der Waals surface area contributed by atoms with E-state index in [2.05, 4.69) is 6.07 Å². The molecule has 2 aliphatic rings. The molecule has 6 heteroatoms. The van der Waals surface area contributed by atoms with Crippen LogP contribution >= 0.6 is 11.8 Å². The molecule has 0 atom stereocenters. The zero-order valence-electron chi connectivity index (χ0n) is 16.2. The molecule has 146 valence electrons. The predicted molar refractivity (Wildman–Crippen MR) is 112 cm³/mol. The lowest BCUT2D eigenvalue weighted by molar-refractivity contribution is -0.116. The summed E-state index contributed by atoms with van der Waals surface area (Å²) in [5, 5.41) is 0. The first-order valence-corrected chi connectivity index (χ1v) is 10.5. The highest BCUT2D eigenvalue weighted by atomic mass is 32.2. The number of carbonyl (C=O) groups is 2. The molecule has 5 nitrogen and oxygen atoms in total. The number of rotatable bonds is 3. The van der Waals surface area contributed by atoms with Crippen molar-refractivity contribution in [3.8, 4) is 5.75 Å². The first-order chi connectivity index (χ1) is 13.5. The number of amides is 2. The highest BCUT2D eigenvalue weighted by Gasteiger charge is 2.49. The number of carbonyl (C=O) groups excluding carboxylic acids is 2. The molecule has 0 saturated carbocycles. The lowest BCUT2D eigenvalue weighted by Gasteiger charge is -2.44. The van der Waals surface area contributed by atoms with E-state index < -0.39 is 0 Å². The van der Waals surface area contributed by atoms with Gasteiger partial charge in [-0.1, -0.05) is 24.3 Å². The average Bonchev–Trinajstić information content (AvgIpc) is 3.03. The van der Waals surface area contributed by atoms with Gasteiger partial charge in [-0.25, -0.2) is 0 Å². The molecule has 0 aliphatic carbocycles. The normalized spacial score (nSPS) is 18.6. The number of anilines is 1. The minimum absolute atomic E-state index is 0.0104. The zero-order valence-corrected chi connectivity index (χ0v) is 17.0. The van der Waals surface area contributed by atoms with Gasteiger partial charge >= 0.3 is 0 Å². The highest BCUT2D eigenvalue weighted by molar-refractivity contribution is 8.02. The van der Waals surface area contributed by atoms with Crippen LogP contribution in [0, 0.1) is 6.92 Å². The fraction of sp³-hybridized carbons (Fsp3) is 0.364. The second-order valence-corrected chi connectivity index (χ2v) is 8.63. The molecule has 4 rings (SSSR count). The SMILES string of the molecule is COc1ccccc1C(=O)N1CCC2(CC1)SCC(=O)N2c1cccc(C)c1. The van der Waals surface area contributed by atoms with Crippen LogP contribution in [0.5, 0.6) is 5.75 Å². The van der Waals surface area contributed by atoms with Crippen LogP contribution in [0.1, 0.15) is 28.8 Å². The molecule has 2 aliphatic heterocycles. The number of hydrogen-bond donors (Lipinski definition) is 0. The number of hydrogen-bond acceptors (Lipinski definition) is 4. The van der Waals surface area contributed by atoms with E-state index in [0.29, 0.717) is 30.2 Å². The average molecular weight is 397 g/mol. The topological polar surface area (TPSA) is 49.9 Å². The smallest absolute Gasteiger partial charge is 0.257 e. The van der Waals surface area contributed by atoms with Crippen LogP contribution in [0.15, 0.2) is 48.5 Å². The molecule has 0 unspecified atom stereocenters. The van der Waals surface area contributed by atoms with Crippen LogP contribution < -0.4 is 9.64 Å². The van der Waals surface area contributed by atoms with Crippen molar-refractivity contribution in [2.45, 2.75) is 24.6 Å². The fourth-order valence-corrected chi connectivity index (χ4v) is 5.45. The number of benzene rings is 2. The molecular formula is C22H24N2O3S. The minimum atomic E-state index is -0.261. The van der Waals surface area contributed by atoms with E-state index >= 15 is 0 Å². The van der Waals surface area contributed by atoms with Gasteiger partial charge < -0.3 is 9.64 Å². The molecule has 2 saturated heterocycles. The quantitative estimate of drug-likeness (QED) is 0.794. The van der Waals surface area contributed by atoms with Crippen LogP contribution in [0.4, 0.5) is 5.69 Å². The molecule has 28 heavy (non-hydrogen) atoms. The summed E-state index contributed by atoms with van der Waals surface area (Å²) in [6.07, 6.45) is 1.52. The third-order valence-electron chi connectivity index (χ3n) is 5.55. The number of thioether (sulfide) groups is 1. The number of piperidine rings is 1. The van der Waals surface area contributed by atoms with Crippen molar-refractivity contribution in [1.29, 1.82) is 0 Å². The Morgan fingerprint density at radius 1 is 1.11 bits per heavy atom. The van der Waals surface area contributed by atoms with Gasteiger partial charge in [-0.15, -0.1) is 11.8 Å². The molecule has 2 amide bonds. The van der Waals surface area contributed by atoms with Gasteiger partial charge in [0.05, 0.1) is 23.3 Å². The number of aryl methyl sites for hydroxylation is 1. The lowest BCUT2D eigenvalue weighted by Crippen LogP contribution is -2.53. The summed E-state index contributed by atoms with van der Waals surface area (Å²) >= 11 is 1.71. The second-order valence-electron chi connectivity index (χ2n) is 7.30. The molecule has 0 N–H and O–H groups in total. The van der Waals surface area contributed by atoms with Crippen molar-refractivity contribution in [2.24, 2.45) is 0 Å². The summed E-state index contributed by atoms with van der Waals surface area (Å²) < 4.78 is 5.35. The van der Waals surface area contributed by atoms with Crippen LogP contribution in [0.3, 0.4) is 0 Å². The Bertz CT molecular complexity index is 906. The van der Waals surface area contributed by atoms with Crippen LogP contribution in [0.25, 0.3) is 0 Å². The van der Waals surface area contributed by atoms with Crippen LogP contribution in [-0.2, 0) is 4.79 Å². The third kappa shape index (κ3) is 3.26. The van der Waals surface area contributed by atoms with Crippen molar-refractivity contribution in [3.05, 3.63) is 59.7 Å². The molecule has 0 bridgehead atoms. The predicted octanol–water partition coefficient (Wildman–Crippen LogP) is 3.72. The fourth-order valence-electron chi connectivity index (χ4n) is 4.12. The highest BCUT2D eigenvalue weighted by Crippen LogP contribution is 2.47. The van der Waals surface area contributed by atoms with E-state index in [9.17, 15) is 9.59 Å². The summed E-state index contributed by atoms with van der Waals surface area (Å²) in [6, 6.07) is 15.4. The second kappa shape index (κ2) is 7.51. The van der Waals surface area contributed by atoms with Crippen molar-refractivity contribution in [2.75, 3.05) is 30.9 Å². The van der Waals surface area contributed by atoms with Gasteiger partial charge in [0.2, 0.25) is 5.91 Å². The molecule has 2 heterocycles. The Morgan fingerprint density at radius 3 is 2.57 bits per heavy atom. The van der Waals surface area contributed by atoms with Gasteiger partial charge in [0.15, 0.2) is 0 Å². The molecule has 2 fully saturated rings. The van der Waals surface area contributed by atoms with E-state index in [0.717, 1.165) is 24.1 Å². The Kier molecular flexibility index (Phi) is 5.06. The third-order valence-corrected chi connectivity index (χ3v) is 7.07. The van der Waals surface area contributed by atoms with E-state index in [-0.39, 0.29) is 16.7 Å². The molecular weight excluding hydrogens is 372 g/mol. The first-order valence-electron chi connectivity index (χ1n) is 9.50. The summed E-state index contributed by atoms with van der Waals surface area (Å²) in [6.45, 7) is 3.29. The Morgan fingerprint density at radius 2 is 1.86 bits per heavy atom. The maximum absolute atomic E-state index is 13.0. The van der Waals surface area contributed by atoms with E-state index in [4.69, 9.17) is 4.74 Å².